The average Bonchev–Trinajstić information content (AvgIpc) is 2.69. The summed E-state index contributed by atoms with van der Waals surface area (Å²) < 4.78 is 0. The number of nitrogens with one attached hydrogen (secondary N) is 2. The minimum atomic E-state index is -0.200. The first-order valence-electron chi connectivity index (χ1n) is 5.04. The second kappa shape index (κ2) is 4.31. The van der Waals surface area contributed by atoms with Gasteiger partial charge in [0.05, 0.1) is 6.61 Å². The molecule has 0 saturated heterocycles. The van der Waals surface area contributed by atoms with Gasteiger partial charge < -0.3 is 15.7 Å². The minimum Gasteiger partial charge on any atom is -0.395 e. The summed E-state index contributed by atoms with van der Waals surface area (Å²) in [4.78, 5) is 11.6. The van der Waals surface area contributed by atoms with Crippen molar-refractivity contribution in [2.24, 2.45) is 0 Å². The molecule has 0 bridgehead atoms. The number of aliphatic hydroxyl groups is 1. The molecule has 80 valence electrons. The van der Waals surface area contributed by atoms with Crippen LogP contribution in [0.15, 0.2) is 24.3 Å². The first kappa shape index (κ1) is 9.98. The molecule has 1 aromatic rings. The number of para-hydroxylation sites is 1. The zero-order chi connectivity index (χ0) is 10.7. The summed E-state index contributed by atoms with van der Waals surface area (Å²) in [5.74, 6) is -0.0553. The van der Waals surface area contributed by atoms with E-state index < -0.39 is 0 Å². The van der Waals surface area contributed by atoms with Crippen LogP contribution in [-0.4, -0.2) is 30.2 Å². The van der Waals surface area contributed by atoms with Gasteiger partial charge in [-0.25, -0.2) is 0 Å². The Morgan fingerprint density at radius 3 is 3.07 bits per heavy atom. The predicted molar refractivity (Wildman–Crippen MR) is 57.7 cm³/mol. The van der Waals surface area contributed by atoms with Crippen molar-refractivity contribution in [3.63, 3.8) is 0 Å². The van der Waals surface area contributed by atoms with E-state index in [1.165, 1.54) is 5.56 Å². The highest BCUT2D eigenvalue weighted by molar-refractivity contribution is 5.87. The number of amides is 1. The SMILES string of the molecule is O=C(NCCO)[C@@H]1Cc2ccccc2N1. The van der Waals surface area contributed by atoms with Gasteiger partial charge in [0, 0.05) is 18.7 Å². The molecule has 0 unspecified atom stereocenters. The van der Waals surface area contributed by atoms with Crippen LogP contribution in [0.2, 0.25) is 0 Å². The maximum atomic E-state index is 11.6. The molecular weight excluding hydrogens is 192 g/mol. The lowest BCUT2D eigenvalue weighted by Gasteiger charge is -2.10. The van der Waals surface area contributed by atoms with E-state index in [4.69, 9.17) is 5.11 Å². The summed E-state index contributed by atoms with van der Waals surface area (Å²) in [6, 6.07) is 7.69. The molecule has 1 aromatic carbocycles. The first-order valence-corrected chi connectivity index (χ1v) is 5.04. The lowest BCUT2D eigenvalue weighted by atomic mass is 10.1. The molecule has 15 heavy (non-hydrogen) atoms. The van der Waals surface area contributed by atoms with Crippen LogP contribution in [0, 0.1) is 0 Å². The molecule has 2 rings (SSSR count). The van der Waals surface area contributed by atoms with Gasteiger partial charge in [0.1, 0.15) is 6.04 Å². The summed E-state index contributed by atoms with van der Waals surface area (Å²) in [7, 11) is 0. The highest BCUT2D eigenvalue weighted by atomic mass is 16.3. The van der Waals surface area contributed by atoms with Gasteiger partial charge in [0.25, 0.3) is 0 Å². The molecule has 4 heteroatoms. The molecule has 1 heterocycles. The van der Waals surface area contributed by atoms with E-state index in [2.05, 4.69) is 10.6 Å². The Bertz CT molecular complexity index is 340. The van der Waals surface area contributed by atoms with Gasteiger partial charge in [-0.05, 0) is 11.6 Å². The summed E-state index contributed by atoms with van der Waals surface area (Å²) >= 11 is 0. The normalized spacial score (nSPS) is 18.1. The van der Waals surface area contributed by atoms with Gasteiger partial charge in [-0.2, -0.15) is 0 Å². The summed E-state index contributed by atoms with van der Waals surface area (Å²) in [5, 5.41) is 14.4. The second-order valence-corrected chi connectivity index (χ2v) is 3.57. The Morgan fingerprint density at radius 1 is 1.53 bits per heavy atom. The van der Waals surface area contributed by atoms with Crippen molar-refractivity contribution in [3.8, 4) is 0 Å². The number of hydrogen-bond acceptors (Lipinski definition) is 3. The molecule has 0 fully saturated rings. The topological polar surface area (TPSA) is 61.4 Å². The zero-order valence-corrected chi connectivity index (χ0v) is 8.36. The maximum absolute atomic E-state index is 11.6. The van der Waals surface area contributed by atoms with Crippen LogP contribution < -0.4 is 10.6 Å². The van der Waals surface area contributed by atoms with Crippen molar-refractivity contribution in [3.05, 3.63) is 29.8 Å². The van der Waals surface area contributed by atoms with Crippen molar-refractivity contribution >= 4 is 11.6 Å². The van der Waals surface area contributed by atoms with E-state index in [1.807, 2.05) is 24.3 Å². The van der Waals surface area contributed by atoms with Crippen molar-refractivity contribution in [2.75, 3.05) is 18.5 Å². The Morgan fingerprint density at radius 2 is 2.33 bits per heavy atom. The number of hydrogen-bond donors (Lipinski definition) is 3. The third-order valence-electron chi connectivity index (χ3n) is 2.50. The maximum Gasteiger partial charge on any atom is 0.242 e. The fourth-order valence-electron chi connectivity index (χ4n) is 1.76. The molecule has 0 spiro atoms. The third kappa shape index (κ3) is 2.10. The van der Waals surface area contributed by atoms with Crippen LogP contribution >= 0.6 is 0 Å². The van der Waals surface area contributed by atoms with E-state index in [0.717, 1.165) is 5.69 Å². The van der Waals surface area contributed by atoms with Crippen molar-refractivity contribution in [1.82, 2.24) is 5.32 Å². The van der Waals surface area contributed by atoms with Crippen LogP contribution in [0.1, 0.15) is 5.56 Å². The Kier molecular flexibility index (Phi) is 2.87. The largest absolute Gasteiger partial charge is 0.395 e. The fourth-order valence-corrected chi connectivity index (χ4v) is 1.76. The van der Waals surface area contributed by atoms with E-state index in [1.54, 1.807) is 0 Å². The van der Waals surface area contributed by atoms with Crippen LogP contribution in [0.5, 0.6) is 0 Å². The summed E-state index contributed by atoms with van der Waals surface area (Å²) in [6.07, 6.45) is 0.716. The molecule has 3 N–H and O–H groups in total. The quantitative estimate of drug-likeness (QED) is 0.659. The lowest BCUT2D eigenvalue weighted by molar-refractivity contribution is -0.121. The van der Waals surface area contributed by atoms with Gasteiger partial charge in [-0.3, -0.25) is 4.79 Å². The molecule has 1 amide bonds. The molecule has 4 nitrogen and oxygen atoms in total. The number of carbonyl (C=O) groups is 1. The Balaban J connectivity index is 1.98. The average molecular weight is 206 g/mol. The van der Waals surface area contributed by atoms with Crippen molar-refractivity contribution < 1.29 is 9.90 Å². The number of fused-ring (bicyclic) bond motifs is 1. The van der Waals surface area contributed by atoms with Crippen LogP contribution in [0.3, 0.4) is 0 Å². The van der Waals surface area contributed by atoms with Gasteiger partial charge in [-0.1, -0.05) is 18.2 Å². The smallest absolute Gasteiger partial charge is 0.242 e. The number of aliphatic hydroxyl groups excluding tert-OH is 1. The fraction of sp³-hybridized carbons (Fsp3) is 0.364. The number of benzene rings is 1. The van der Waals surface area contributed by atoms with Gasteiger partial charge in [0.15, 0.2) is 0 Å². The van der Waals surface area contributed by atoms with Crippen LogP contribution in [0.4, 0.5) is 5.69 Å². The van der Waals surface area contributed by atoms with Crippen LogP contribution in [0.25, 0.3) is 0 Å². The standard InChI is InChI=1S/C11H14N2O2/c14-6-5-12-11(15)10-7-8-3-1-2-4-9(8)13-10/h1-4,10,13-14H,5-7H2,(H,12,15)/t10-/m0/s1. The monoisotopic (exact) mass is 206 g/mol. The van der Waals surface area contributed by atoms with E-state index in [-0.39, 0.29) is 18.6 Å². The first-order chi connectivity index (χ1) is 7.31. The molecule has 0 saturated carbocycles. The number of anilines is 1. The highest BCUT2D eigenvalue weighted by Gasteiger charge is 2.25. The molecule has 1 atom stereocenters. The Hall–Kier alpha value is -1.55. The lowest BCUT2D eigenvalue weighted by Crippen LogP contribution is -2.39. The van der Waals surface area contributed by atoms with Crippen LogP contribution in [-0.2, 0) is 11.2 Å². The molecule has 0 radical (unpaired) electrons. The summed E-state index contributed by atoms with van der Waals surface area (Å²) in [6.45, 7) is 0.290. The molecule has 1 aliphatic heterocycles. The molecular formula is C11H14N2O2. The van der Waals surface area contributed by atoms with E-state index in [9.17, 15) is 4.79 Å². The molecule has 1 aliphatic rings. The van der Waals surface area contributed by atoms with E-state index >= 15 is 0 Å². The van der Waals surface area contributed by atoms with Crippen molar-refractivity contribution in [1.29, 1.82) is 0 Å². The minimum absolute atomic E-state index is 0.0224. The third-order valence-corrected chi connectivity index (χ3v) is 2.50. The van der Waals surface area contributed by atoms with Gasteiger partial charge in [0.2, 0.25) is 5.91 Å². The zero-order valence-electron chi connectivity index (χ0n) is 8.36. The summed E-state index contributed by atoms with van der Waals surface area (Å²) in [5.41, 5.74) is 2.20. The van der Waals surface area contributed by atoms with Gasteiger partial charge >= 0.3 is 0 Å². The Labute approximate surface area is 88.3 Å². The molecule has 0 aliphatic carbocycles. The van der Waals surface area contributed by atoms with Crippen molar-refractivity contribution in [2.45, 2.75) is 12.5 Å². The van der Waals surface area contributed by atoms with Gasteiger partial charge in [-0.15, -0.1) is 0 Å². The predicted octanol–water partition coefficient (Wildman–Crippen LogP) is 0.132. The van der Waals surface area contributed by atoms with E-state index in [0.29, 0.717) is 13.0 Å². The number of carbonyl (C=O) groups excluding carboxylic acids is 1. The highest BCUT2D eigenvalue weighted by Crippen LogP contribution is 2.24. The molecule has 0 aromatic heterocycles. The number of rotatable bonds is 3. The second-order valence-electron chi connectivity index (χ2n) is 3.57.